The number of aromatic nitrogens is 2. The van der Waals surface area contributed by atoms with Crippen molar-refractivity contribution in [2.75, 3.05) is 33.7 Å². The Hall–Kier alpha value is -1.40. The van der Waals surface area contributed by atoms with Crippen molar-refractivity contribution in [3.8, 4) is 0 Å². The molecule has 6 nitrogen and oxygen atoms in total. The van der Waals surface area contributed by atoms with Crippen LogP contribution in [0.5, 0.6) is 0 Å². The molecule has 2 heterocycles. The molecule has 25 heavy (non-hydrogen) atoms. The molecule has 0 unspecified atom stereocenters. The summed E-state index contributed by atoms with van der Waals surface area (Å²) in [5.74, 6) is 0.166. The van der Waals surface area contributed by atoms with Gasteiger partial charge in [-0.25, -0.2) is 0 Å². The quantitative estimate of drug-likeness (QED) is 0.816. The Balaban J connectivity index is 1.49. The topological polar surface area (TPSA) is 53.4 Å². The Kier molecular flexibility index (Phi) is 6.12. The van der Waals surface area contributed by atoms with Crippen LogP contribution in [0.3, 0.4) is 0 Å². The van der Waals surface area contributed by atoms with Crippen LogP contribution in [0, 0.1) is 0 Å². The standard InChI is InChI=1S/C19H33N5O/c1-22(2)19(9-4-3-5-10-19)16-20-18(25)15-23-12-6-8-17(23)14-24-13-7-11-21-24/h7,11,13,17H,3-6,8-10,12,14-16H2,1-2H3,(H,20,25)/t17-/m1/s1. The molecule has 1 aliphatic heterocycles. The van der Waals surface area contributed by atoms with Gasteiger partial charge in [0, 0.05) is 30.5 Å². The second-order valence-electron chi connectivity index (χ2n) is 7.95. The Bertz CT molecular complexity index is 536. The van der Waals surface area contributed by atoms with Crippen LogP contribution in [0.25, 0.3) is 0 Å². The molecule has 0 bridgehead atoms. The number of likely N-dealkylation sites (tertiary alicyclic amines) is 1. The van der Waals surface area contributed by atoms with E-state index in [4.69, 9.17) is 0 Å². The van der Waals surface area contributed by atoms with E-state index in [1.54, 1.807) is 0 Å². The summed E-state index contributed by atoms with van der Waals surface area (Å²) >= 11 is 0. The van der Waals surface area contributed by atoms with Gasteiger partial charge in [-0.05, 0) is 52.4 Å². The van der Waals surface area contributed by atoms with Crippen molar-refractivity contribution in [1.82, 2.24) is 24.9 Å². The number of likely N-dealkylation sites (N-methyl/N-ethyl adjacent to an activating group) is 1. The molecule has 1 atom stereocenters. The van der Waals surface area contributed by atoms with Gasteiger partial charge >= 0.3 is 0 Å². The number of carbonyl (C=O) groups is 1. The van der Waals surface area contributed by atoms with Gasteiger partial charge in [0.1, 0.15) is 0 Å². The summed E-state index contributed by atoms with van der Waals surface area (Å²) in [6, 6.07) is 2.37. The number of hydrogen-bond acceptors (Lipinski definition) is 4. The molecular weight excluding hydrogens is 314 g/mol. The van der Waals surface area contributed by atoms with E-state index in [0.29, 0.717) is 12.6 Å². The van der Waals surface area contributed by atoms with Crippen LogP contribution in [0.1, 0.15) is 44.9 Å². The second-order valence-corrected chi connectivity index (χ2v) is 7.95. The van der Waals surface area contributed by atoms with Crippen LogP contribution >= 0.6 is 0 Å². The van der Waals surface area contributed by atoms with Crippen LogP contribution in [-0.2, 0) is 11.3 Å². The van der Waals surface area contributed by atoms with Crippen molar-refractivity contribution in [2.24, 2.45) is 0 Å². The van der Waals surface area contributed by atoms with E-state index < -0.39 is 0 Å². The normalized spacial score (nSPS) is 23.9. The molecule has 1 aliphatic carbocycles. The maximum atomic E-state index is 12.6. The van der Waals surface area contributed by atoms with Crippen LogP contribution in [0.2, 0.25) is 0 Å². The number of amides is 1. The highest BCUT2D eigenvalue weighted by Crippen LogP contribution is 2.31. The smallest absolute Gasteiger partial charge is 0.234 e. The van der Waals surface area contributed by atoms with Crippen molar-refractivity contribution >= 4 is 5.91 Å². The highest BCUT2D eigenvalue weighted by Gasteiger charge is 2.35. The summed E-state index contributed by atoms with van der Waals surface area (Å²) < 4.78 is 1.98. The molecule has 1 amide bonds. The first-order chi connectivity index (χ1) is 12.1. The number of hydrogen-bond donors (Lipinski definition) is 1. The predicted molar refractivity (Wildman–Crippen MR) is 99.3 cm³/mol. The van der Waals surface area contributed by atoms with E-state index in [0.717, 1.165) is 26.1 Å². The van der Waals surface area contributed by atoms with E-state index in [1.807, 2.05) is 23.1 Å². The molecule has 1 N–H and O–H groups in total. The fraction of sp³-hybridized carbons (Fsp3) is 0.789. The third-order valence-electron chi connectivity index (χ3n) is 6.15. The summed E-state index contributed by atoms with van der Waals surface area (Å²) in [5.41, 5.74) is 0.146. The minimum absolute atomic E-state index is 0.146. The molecule has 0 radical (unpaired) electrons. The Morgan fingerprint density at radius 3 is 2.76 bits per heavy atom. The first-order valence-corrected chi connectivity index (χ1v) is 9.75. The van der Waals surface area contributed by atoms with E-state index in [2.05, 4.69) is 34.3 Å². The molecule has 1 saturated heterocycles. The van der Waals surface area contributed by atoms with Crippen molar-refractivity contribution in [2.45, 2.75) is 63.1 Å². The molecule has 140 valence electrons. The van der Waals surface area contributed by atoms with Crippen LogP contribution in [0.4, 0.5) is 0 Å². The van der Waals surface area contributed by atoms with Crippen molar-refractivity contribution in [1.29, 1.82) is 0 Å². The highest BCUT2D eigenvalue weighted by molar-refractivity contribution is 5.78. The van der Waals surface area contributed by atoms with Crippen LogP contribution in [-0.4, -0.2) is 70.8 Å². The van der Waals surface area contributed by atoms with Crippen molar-refractivity contribution in [3.05, 3.63) is 18.5 Å². The fourth-order valence-electron chi connectivity index (χ4n) is 4.43. The molecular formula is C19H33N5O. The zero-order valence-electron chi connectivity index (χ0n) is 15.8. The second kappa shape index (κ2) is 8.32. The summed E-state index contributed by atoms with van der Waals surface area (Å²) in [7, 11) is 4.30. The van der Waals surface area contributed by atoms with E-state index >= 15 is 0 Å². The third-order valence-corrected chi connectivity index (χ3v) is 6.15. The zero-order valence-corrected chi connectivity index (χ0v) is 15.8. The predicted octanol–water partition coefficient (Wildman–Crippen LogP) is 1.73. The molecule has 1 aromatic heterocycles. The Morgan fingerprint density at radius 1 is 1.28 bits per heavy atom. The minimum atomic E-state index is 0.146. The van der Waals surface area contributed by atoms with Crippen molar-refractivity contribution in [3.63, 3.8) is 0 Å². The van der Waals surface area contributed by atoms with E-state index in [-0.39, 0.29) is 11.4 Å². The molecule has 2 fully saturated rings. The number of rotatable bonds is 7. The van der Waals surface area contributed by atoms with Gasteiger partial charge in [-0.1, -0.05) is 19.3 Å². The lowest BCUT2D eigenvalue weighted by Crippen LogP contribution is -2.55. The van der Waals surface area contributed by atoms with E-state index in [1.165, 1.54) is 38.5 Å². The SMILES string of the molecule is CN(C)C1(CNC(=O)CN2CCC[C@@H]2Cn2cccn2)CCCCC1. The Morgan fingerprint density at radius 2 is 2.08 bits per heavy atom. The molecule has 3 rings (SSSR count). The number of nitrogens with one attached hydrogen (secondary N) is 1. The maximum absolute atomic E-state index is 12.6. The van der Waals surface area contributed by atoms with Gasteiger partial charge in [-0.3, -0.25) is 14.4 Å². The summed E-state index contributed by atoms with van der Waals surface area (Å²) in [6.07, 6.45) is 12.4. The number of carbonyl (C=O) groups excluding carboxylic acids is 1. The summed E-state index contributed by atoms with van der Waals surface area (Å²) in [4.78, 5) is 17.2. The average Bonchev–Trinajstić information content (AvgIpc) is 3.27. The molecule has 0 spiro atoms. The Labute approximate surface area is 151 Å². The summed E-state index contributed by atoms with van der Waals surface area (Å²) in [6.45, 7) is 3.17. The molecule has 1 aromatic rings. The fourth-order valence-corrected chi connectivity index (χ4v) is 4.43. The van der Waals surface area contributed by atoms with Gasteiger partial charge in [0.05, 0.1) is 13.1 Å². The average molecular weight is 348 g/mol. The van der Waals surface area contributed by atoms with Gasteiger partial charge in [0.15, 0.2) is 0 Å². The minimum Gasteiger partial charge on any atom is -0.353 e. The van der Waals surface area contributed by atoms with E-state index in [9.17, 15) is 4.79 Å². The molecule has 1 saturated carbocycles. The lowest BCUT2D eigenvalue weighted by Gasteiger charge is -2.43. The molecule has 2 aliphatic rings. The summed E-state index contributed by atoms with van der Waals surface area (Å²) in [5, 5.41) is 7.54. The first kappa shape index (κ1) is 18.4. The van der Waals surface area contributed by atoms with Crippen LogP contribution < -0.4 is 5.32 Å². The van der Waals surface area contributed by atoms with Crippen LogP contribution in [0.15, 0.2) is 18.5 Å². The maximum Gasteiger partial charge on any atom is 0.234 e. The van der Waals surface area contributed by atoms with Gasteiger partial charge in [-0.2, -0.15) is 5.10 Å². The monoisotopic (exact) mass is 347 g/mol. The van der Waals surface area contributed by atoms with Gasteiger partial charge in [-0.15, -0.1) is 0 Å². The lowest BCUT2D eigenvalue weighted by molar-refractivity contribution is -0.123. The highest BCUT2D eigenvalue weighted by atomic mass is 16.2. The number of nitrogens with zero attached hydrogens (tertiary/aromatic N) is 4. The lowest BCUT2D eigenvalue weighted by atomic mass is 9.80. The third kappa shape index (κ3) is 4.61. The largest absolute Gasteiger partial charge is 0.353 e. The van der Waals surface area contributed by atoms with Gasteiger partial charge in [0.2, 0.25) is 5.91 Å². The molecule has 6 heteroatoms. The molecule has 0 aromatic carbocycles. The van der Waals surface area contributed by atoms with Gasteiger partial charge < -0.3 is 10.2 Å². The van der Waals surface area contributed by atoms with Crippen molar-refractivity contribution < 1.29 is 4.79 Å². The van der Waals surface area contributed by atoms with Gasteiger partial charge in [0.25, 0.3) is 0 Å². The zero-order chi connectivity index (χ0) is 17.7. The first-order valence-electron chi connectivity index (χ1n) is 9.75.